The molecule has 5 rings (SSSR count). The van der Waals surface area contributed by atoms with Crippen LogP contribution in [0.1, 0.15) is 49.1 Å². The average Bonchev–Trinajstić information content (AvgIpc) is 3.47. The van der Waals surface area contributed by atoms with E-state index in [1.807, 2.05) is 40.1 Å². The van der Waals surface area contributed by atoms with Crippen molar-refractivity contribution in [3.05, 3.63) is 99.5 Å². The van der Waals surface area contributed by atoms with Crippen molar-refractivity contribution in [1.82, 2.24) is 14.8 Å². The topological polar surface area (TPSA) is 78.9 Å². The highest BCUT2D eigenvalue weighted by molar-refractivity contribution is 5.88. The molecule has 7 nitrogen and oxygen atoms in total. The van der Waals surface area contributed by atoms with Crippen molar-refractivity contribution in [3.8, 4) is 0 Å². The Kier molecular flexibility index (Phi) is 8.49. The van der Waals surface area contributed by atoms with Crippen LogP contribution in [0.3, 0.4) is 0 Å². The van der Waals surface area contributed by atoms with E-state index in [1.165, 1.54) is 11.6 Å². The molecule has 1 saturated heterocycles. The van der Waals surface area contributed by atoms with Crippen LogP contribution in [0.2, 0.25) is 0 Å². The second-order valence-corrected chi connectivity index (χ2v) is 11.1. The van der Waals surface area contributed by atoms with E-state index >= 15 is 0 Å². The third-order valence-electron chi connectivity index (χ3n) is 7.83. The fourth-order valence-corrected chi connectivity index (χ4v) is 5.34. The molecule has 1 aliphatic heterocycles. The molecule has 0 spiro atoms. The number of hydrogen-bond acceptors (Lipinski definition) is 6. The van der Waals surface area contributed by atoms with Crippen molar-refractivity contribution >= 4 is 22.8 Å². The van der Waals surface area contributed by atoms with Crippen molar-refractivity contribution in [3.63, 3.8) is 0 Å². The number of rotatable bonds is 6. The van der Waals surface area contributed by atoms with Gasteiger partial charge in [0.05, 0.1) is 0 Å². The molecular weight excluding hydrogens is 503 g/mol. The average molecular weight is 545 g/mol. The molecule has 3 N–H and O–H groups in total. The number of aliphatic imine (C=N–C) groups is 1. The summed E-state index contributed by atoms with van der Waals surface area (Å²) in [6, 6.07) is 11.0. The molecule has 3 aromatic rings. The number of benzene rings is 2. The SMILES string of the molecule is C=C(C=N/C=C\NC)N1CCN(c2cc3c(C(C)N)cc(C)cc3c(=O)n2C)CC1.CC1(C)c2ccc(F)cc21. The van der Waals surface area contributed by atoms with Crippen LogP contribution in [0.15, 0.2) is 70.9 Å². The minimum absolute atomic E-state index is 0.0170. The normalized spacial score (nSPS) is 16.6. The Bertz CT molecular complexity index is 1530. The van der Waals surface area contributed by atoms with Gasteiger partial charge in [0.15, 0.2) is 0 Å². The number of piperazine rings is 1. The maximum absolute atomic E-state index is 13.1. The van der Waals surface area contributed by atoms with Crippen LogP contribution >= 0.6 is 0 Å². The third-order valence-corrected chi connectivity index (χ3v) is 7.83. The molecule has 2 aromatic carbocycles. The molecule has 1 atom stereocenters. The van der Waals surface area contributed by atoms with Gasteiger partial charge >= 0.3 is 0 Å². The lowest BCUT2D eigenvalue weighted by molar-refractivity contribution is 0.336. The van der Waals surface area contributed by atoms with Crippen molar-refractivity contribution < 1.29 is 4.39 Å². The Morgan fingerprint density at radius 3 is 2.42 bits per heavy atom. The largest absolute Gasteiger partial charge is 0.393 e. The second kappa shape index (κ2) is 11.7. The molecule has 1 unspecified atom stereocenters. The Balaban J connectivity index is 0.000000307. The molecule has 2 heterocycles. The van der Waals surface area contributed by atoms with Crippen LogP contribution in [0.5, 0.6) is 0 Å². The number of nitrogens with one attached hydrogen (secondary N) is 1. The Labute approximate surface area is 236 Å². The van der Waals surface area contributed by atoms with E-state index < -0.39 is 0 Å². The lowest BCUT2D eigenvalue weighted by atomic mass is 9.98. The van der Waals surface area contributed by atoms with Gasteiger partial charge in [0.25, 0.3) is 5.56 Å². The van der Waals surface area contributed by atoms with Gasteiger partial charge in [-0.05, 0) is 65.8 Å². The first-order chi connectivity index (χ1) is 18.9. The molecule has 2 aliphatic rings. The number of aromatic nitrogens is 1. The van der Waals surface area contributed by atoms with Crippen molar-refractivity contribution in [2.45, 2.75) is 39.2 Å². The highest BCUT2D eigenvalue weighted by Crippen LogP contribution is 2.49. The van der Waals surface area contributed by atoms with Crippen molar-refractivity contribution in [1.29, 1.82) is 0 Å². The zero-order valence-corrected chi connectivity index (χ0v) is 24.5. The van der Waals surface area contributed by atoms with Crippen LogP contribution in [0, 0.1) is 12.7 Å². The van der Waals surface area contributed by atoms with Crippen molar-refractivity contribution in [2.24, 2.45) is 17.8 Å². The zero-order chi connectivity index (χ0) is 29.2. The Hall–Kier alpha value is -3.91. The number of fused-ring (bicyclic) bond motifs is 2. The first-order valence-corrected chi connectivity index (χ1v) is 13.7. The number of allylic oxidation sites excluding steroid dienone is 1. The van der Waals surface area contributed by atoms with E-state index in [0.717, 1.165) is 65.2 Å². The number of aryl methyl sites for hydroxylation is 1. The monoisotopic (exact) mass is 544 g/mol. The summed E-state index contributed by atoms with van der Waals surface area (Å²) >= 11 is 0. The van der Waals surface area contributed by atoms with Gasteiger partial charge in [-0.3, -0.25) is 14.4 Å². The van der Waals surface area contributed by atoms with E-state index in [-0.39, 0.29) is 22.8 Å². The van der Waals surface area contributed by atoms with Crippen LogP contribution in [-0.2, 0) is 12.5 Å². The van der Waals surface area contributed by atoms with Gasteiger partial charge < -0.3 is 20.9 Å². The van der Waals surface area contributed by atoms with Gasteiger partial charge in [-0.15, -0.1) is 0 Å². The molecule has 8 heteroatoms. The summed E-state index contributed by atoms with van der Waals surface area (Å²) in [5.41, 5.74) is 11.8. The summed E-state index contributed by atoms with van der Waals surface area (Å²) in [4.78, 5) is 21.8. The summed E-state index contributed by atoms with van der Waals surface area (Å²) in [5.74, 6) is 0.804. The van der Waals surface area contributed by atoms with Crippen molar-refractivity contribution in [2.75, 3.05) is 38.1 Å². The quantitative estimate of drug-likeness (QED) is 0.439. The fraction of sp³-hybridized carbons (Fsp3) is 0.375. The van der Waals surface area contributed by atoms with E-state index in [2.05, 4.69) is 52.7 Å². The number of halogens is 1. The summed E-state index contributed by atoms with van der Waals surface area (Å²) in [6.45, 7) is 15.5. The molecule has 1 aliphatic carbocycles. The summed E-state index contributed by atoms with van der Waals surface area (Å²) in [6.07, 6.45) is 5.23. The van der Waals surface area contributed by atoms with Gasteiger partial charge in [-0.25, -0.2) is 4.39 Å². The predicted octanol–water partition coefficient (Wildman–Crippen LogP) is 4.73. The predicted molar refractivity (Wildman–Crippen MR) is 165 cm³/mol. The molecule has 0 bridgehead atoms. The molecule has 0 amide bonds. The van der Waals surface area contributed by atoms with E-state index in [4.69, 9.17) is 5.73 Å². The maximum Gasteiger partial charge on any atom is 0.259 e. The molecular formula is C32H41FN6O. The minimum atomic E-state index is -0.135. The number of pyridine rings is 1. The number of hydrogen-bond donors (Lipinski definition) is 2. The van der Waals surface area contributed by atoms with Crippen LogP contribution in [-0.4, -0.2) is 48.9 Å². The lowest BCUT2D eigenvalue weighted by Gasteiger charge is -2.38. The number of nitrogens with two attached hydrogens (primary N) is 1. The van der Waals surface area contributed by atoms with Gasteiger partial charge in [-0.1, -0.05) is 32.6 Å². The summed E-state index contributed by atoms with van der Waals surface area (Å²) in [7, 11) is 3.68. The number of anilines is 1. The first kappa shape index (κ1) is 29.1. The molecule has 0 saturated carbocycles. The van der Waals surface area contributed by atoms with E-state index in [0.29, 0.717) is 0 Å². The summed E-state index contributed by atoms with van der Waals surface area (Å²) in [5, 5.41) is 4.58. The van der Waals surface area contributed by atoms with Gasteiger partial charge in [0.2, 0.25) is 0 Å². The van der Waals surface area contributed by atoms with Gasteiger partial charge in [-0.2, -0.15) is 0 Å². The zero-order valence-electron chi connectivity index (χ0n) is 24.5. The standard InChI is InChI=1S/C23H32N6O.C9H9F/c1-16-12-19(18(3)24)20-14-22(27(5)23(30)21(20)13-16)29-10-8-28(9-11-29)17(2)15-26-7-6-25-4;1-9(2)7-4-3-6(10)5-8(7)9/h6-7,12-15,18,25H,2,8-11,24H2,1,3-5H3;3-5H,1-2H3/b7-6-,26-15?;. The minimum Gasteiger partial charge on any atom is -0.393 e. The molecule has 1 aromatic heterocycles. The third kappa shape index (κ3) is 5.97. The Morgan fingerprint density at radius 1 is 1.12 bits per heavy atom. The van der Waals surface area contributed by atoms with Crippen LogP contribution in [0.25, 0.3) is 10.8 Å². The number of nitrogens with zero attached hydrogens (tertiary/aromatic N) is 4. The molecule has 0 radical (unpaired) electrons. The molecule has 1 fully saturated rings. The Morgan fingerprint density at radius 2 is 1.82 bits per heavy atom. The van der Waals surface area contributed by atoms with Crippen LogP contribution < -0.4 is 21.5 Å². The van der Waals surface area contributed by atoms with E-state index in [9.17, 15) is 9.18 Å². The second-order valence-electron chi connectivity index (χ2n) is 11.1. The van der Waals surface area contributed by atoms with Crippen LogP contribution in [0.4, 0.5) is 10.2 Å². The van der Waals surface area contributed by atoms with Gasteiger partial charge in [0, 0.05) is 81.4 Å². The highest BCUT2D eigenvalue weighted by atomic mass is 19.1. The summed E-state index contributed by atoms with van der Waals surface area (Å²) < 4.78 is 14.3. The highest BCUT2D eigenvalue weighted by Gasteiger charge is 2.41. The maximum atomic E-state index is 13.1. The first-order valence-electron chi connectivity index (χ1n) is 13.7. The lowest BCUT2D eigenvalue weighted by Crippen LogP contribution is -2.47. The fourth-order valence-electron chi connectivity index (χ4n) is 5.34. The molecule has 212 valence electrons. The smallest absolute Gasteiger partial charge is 0.259 e. The van der Waals surface area contributed by atoms with E-state index in [1.54, 1.807) is 29.2 Å². The molecule has 40 heavy (non-hydrogen) atoms. The van der Waals surface area contributed by atoms with Gasteiger partial charge in [0.1, 0.15) is 11.6 Å².